The number of nitrogens with one attached hydrogen (secondary N) is 1. The van der Waals surface area contributed by atoms with Gasteiger partial charge in [-0.3, -0.25) is 4.79 Å². The third kappa shape index (κ3) is 4.73. The van der Waals surface area contributed by atoms with Crippen molar-refractivity contribution in [1.82, 2.24) is 10.4 Å². The average molecular weight is 429 g/mol. The third-order valence-corrected chi connectivity index (χ3v) is 5.14. The zero-order valence-corrected chi connectivity index (χ0v) is 18.0. The SMILES string of the molecule is CN(C)c1ccc(/C=N\NC(=O)c2cc(-c3ccc(Cl)cc3)nc3ccccc23)cc1. The summed E-state index contributed by atoms with van der Waals surface area (Å²) in [5.74, 6) is -0.296. The quantitative estimate of drug-likeness (QED) is 0.342. The molecule has 0 aliphatic carbocycles. The normalized spacial score (nSPS) is 11.1. The summed E-state index contributed by atoms with van der Waals surface area (Å²) in [6.45, 7) is 0. The van der Waals surface area contributed by atoms with Crippen molar-refractivity contribution in [2.24, 2.45) is 5.10 Å². The summed E-state index contributed by atoms with van der Waals surface area (Å²) < 4.78 is 0. The van der Waals surface area contributed by atoms with E-state index in [1.54, 1.807) is 24.4 Å². The molecule has 1 N–H and O–H groups in total. The molecule has 1 amide bonds. The number of halogens is 1. The second-order valence-electron chi connectivity index (χ2n) is 7.26. The van der Waals surface area contributed by atoms with E-state index >= 15 is 0 Å². The molecule has 0 bridgehead atoms. The Bertz CT molecular complexity index is 1250. The summed E-state index contributed by atoms with van der Waals surface area (Å²) in [4.78, 5) is 19.7. The van der Waals surface area contributed by atoms with Crippen LogP contribution in [0.2, 0.25) is 5.02 Å². The fraction of sp³-hybridized carbons (Fsp3) is 0.0800. The lowest BCUT2D eigenvalue weighted by Gasteiger charge is -2.11. The minimum absolute atomic E-state index is 0.296. The van der Waals surface area contributed by atoms with Crippen LogP contribution in [0.25, 0.3) is 22.2 Å². The van der Waals surface area contributed by atoms with Gasteiger partial charge in [0.15, 0.2) is 0 Å². The van der Waals surface area contributed by atoms with E-state index in [0.29, 0.717) is 16.3 Å². The number of carbonyl (C=O) groups is 1. The van der Waals surface area contributed by atoms with Crippen molar-refractivity contribution in [2.75, 3.05) is 19.0 Å². The largest absolute Gasteiger partial charge is 0.378 e. The van der Waals surface area contributed by atoms with E-state index in [1.165, 1.54) is 0 Å². The number of benzene rings is 3. The molecule has 4 aromatic rings. The third-order valence-electron chi connectivity index (χ3n) is 4.89. The lowest BCUT2D eigenvalue weighted by molar-refractivity contribution is 0.0956. The number of rotatable bonds is 5. The van der Waals surface area contributed by atoms with Crippen LogP contribution in [-0.2, 0) is 0 Å². The second-order valence-corrected chi connectivity index (χ2v) is 7.70. The summed E-state index contributed by atoms with van der Waals surface area (Å²) in [5.41, 5.74) is 7.46. The van der Waals surface area contributed by atoms with Crippen LogP contribution >= 0.6 is 11.6 Å². The minimum atomic E-state index is -0.296. The number of hydrogen-bond donors (Lipinski definition) is 1. The molecule has 0 aliphatic heterocycles. The molecule has 1 heterocycles. The molecular weight excluding hydrogens is 408 g/mol. The van der Waals surface area contributed by atoms with Gasteiger partial charge in [-0.2, -0.15) is 5.10 Å². The Hall–Kier alpha value is -3.70. The van der Waals surface area contributed by atoms with E-state index < -0.39 is 0 Å². The van der Waals surface area contributed by atoms with E-state index in [4.69, 9.17) is 16.6 Å². The molecule has 0 atom stereocenters. The van der Waals surface area contributed by atoms with Gasteiger partial charge in [0.2, 0.25) is 0 Å². The number of para-hydroxylation sites is 1. The van der Waals surface area contributed by atoms with Gasteiger partial charge in [-0.25, -0.2) is 10.4 Å². The number of hydrogen-bond acceptors (Lipinski definition) is 4. The number of nitrogens with zero attached hydrogens (tertiary/aromatic N) is 3. The predicted octanol–water partition coefficient (Wildman–Crippen LogP) is 5.39. The second kappa shape index (κ2) is 8.98. The Kier molecular flexibility index (Phi) is 5.96. The zero-order chi connectivity index (χ0) is 21.8. The zero-order valence-electron chi connectivity index (χ0n) is 17.2. The van der Waals surface area contributed by atoms with Crippen molar-refractivity contribution in [1.29, 1.82) is 0 Å². The Morgan fingerprint density at radius 1 is 1.00 bits per heavy atom. The molecule has 31 heavy (non-hydrogen) atoms. The highest BCUT2D eigenvalue weighted by atomic mass is 35.5. The summed E-state index contributed by atoms with van der Waals surface area (Å²) >= 11 is 6.00. The fourth-order valence-electron chi connectivity index (χ4n) is 3.22. The lowest BCUT2D eigenvalue weighted by atomic mass is 10.0. The minimum Gasteiger partial charge on any atom is -0.378 e. The van der Waals surface area contributed by atoms with Gasteiger partial charge in [-0.05, 0) is 42.0 Å². The molecule has 154 valence electrons. The van der Waals surface area contributed by atoms with Crippen LogP contribution in [0.15, 0.2) is 84.0 Å². The predicted molar refractivity (Wildman–Crippen MR) is 128 cm³/mol. The first-order valence-electron chi connectivity index (χ1n) is 9.78. The summed E-state index contributed by atoms with van der Waals surface area (Å²) in [6.07, 6.45) is 1.63. The van der Waals surface area contributed by atoms with Gasteiger partial charge in [0, 0.05) is 35.8 Å². The monoisotopic (exact) mass is 428 g/mol. The molecule has 6 heteroatoms. The van der Waals surface area contributed by atoms with Gasteiger partial charge in [0.25, 0.3) is 5.91 Å². The fourth-order valence-corrected chi connectivity index (χ4v) is 3.34. The lowest BCUT2D eigenvalue weighted by Crippen LogP contribution is -2.18. The number of aromatic nitrogens is 1. The standard InChI is InChI=1S/C25H21ClN4O/c1-30(2)20-13-7-17(8-14-20)16-27-29-25(31)22-15-24(18-9-11-19(26)12-10-18)28-23-6-4-3-5-21(22)23/h3-16H,1-2H3,(H,29,31)/b27-16-. The highest BCUT2D eigenvalue weighted by Crippen LogP contribution is 2.26. The van der Waals surface area contributed by atoms with Gasteiger partial charge < -0.3 is 4.90 Å². The maximum absolute atomic E-state index is 12.9. The van der Waals surface area contributed by atoms with Gasteiger partial charge >= 0.3 is 0 Å². The van der Waals surface area contributed by atoms with Crippen LogP contribution < -0.4 is 10.3 Å². The maximum Gasteiger partial charge on any atom is 0.272 e. The van der Waals surface area contributed by atoms with Crippen LogP contribution in [0.1, 0.15) is 15.9 Å². The molecule has 3 aromatic carbocycles. The highest BCUT2D eigenvalue weighted by Gasteiger charge is 2.13. The number of anilines is 1. The highest BCUT2D eigenvalue weighted by molar-refractivity contribution is 6.30. The first-order valence-corrected chi connectivity index (χ1v) is 10.2. The van der Waals surface area contributed by atoms with Gasteiger partial charge in [-0.15, -0.1) is 0 Å². The Morgan fingerprint density at radius 3 is 2.42 bits per heavy atom. The Labute approximate surface area is 186 Å². The molecule has 0 fully saturated rings. The van der Waals surface area contributed by atoms with Gasteiger partial charge in [0.05, 0.1) is 23.0 Å². The Balaban J connectivity index is 1.61. The number of hydrazone groups is 1. The summed E-state index contributed by atoms with van der Waals surface area (Å²) in [7, 11) is 3.97. The van der Waals surface area contributed by atoms with E-state index in [-0.39, 0.29) is 5.91 Å². The van der Waals surface area contributed by atoms with Gasteiger partial charge in [-0.1, -0.05) is 54.1 Å². The van der Waals surface area contributed by atoms with Crippen molar-refractivity contribution in [3.63, 3.8) is 0 Å². The van der Waals surface area contributed by atoms with Crippen LogP contribution in [-0.4, -0.2) is 31.2 Å². The van der Waals surface area contributed by atoms with E-state index in [0.717, 1.165) is 27.7 Å². The number of carbonyl (C=O) groups excluding carboxylic acids is 1. The molecule has 0 spiro atoms. The first-order chi connectivity index (χ1) is 15.0. The van der Waals surface area contributed by atoms with Crippen LogP contribution in [0.3, 0.4) is 0 Å². The van der Waals surface area contributed by atoms with Crippen LogP contribution in [0.4, 0.5) is 5.69 Å². The molecule has 1 aromatic heterocycles. The summed E-state index contributed by atoms with van der Waals surface area (Å²) in [6, 6.07) is 24.6. The molecular formula is C25H21ClN4O. The van der Waals surface area contributed by atoms with Crippen molar-refractivity contribution in [2.45, 2.75) is 0 Å². The van der Waals surface area contributed by atoms with Crippen molar-refractivity contribution in [3.05, 3.63) is 95.0 Å². The molecule has 0 aliphatic rings. The molecule has 4 rings (SSSR count). The van der Waals surface area contributed by atoms with E-state index in [9.17, 15) is 4.79 Å². The average Bonchev–Trinajstić information content (AvgIpc) is 2.79. The van der Waals surface area contributed by atoms with Crippen molar-refractivity contribution >= 4 is 40.3 Å². The van der Waals surface area contributed by atoms with E-state index in [1.807, 2.05) is 79.7 Å². The van der Waals surface area contributed by atoms with Crippen LogP contribution in [0.5, 0.6) is 0 Å². The molecule has 0 saturated heterocycles. The molecule has 0 unspecified atom stereocenters. The maximum atomic E-state index is 12.9. The van der Waals surface area contributed by atoms with Crippen molar-refractivity contribution in [3.8, 4) is 11.3 Å². The topological polar surface area (TPSA) is 57.6 Å². The van der Waals surface area contributed by atoms with E-state index in [2.05, 4.69) is 10.5 Å². The number of fused-ring (bicyclic) bond motifs is 1. The molecule has 5 nitrogen and oxygen atoms in total. The number of amides is 1. The smallest absolute Gasteiger partial charge is 0.272 e. The molecule has 0 radical (unpaired) electrons. The number of pyridine rings is 1. The summed E-state index contributed by atoms with van der Waals surface area (Å²) in [5, 5.41) is 5.55. The molecule has 0 saturated carbocycles. The van der Waals surface area contributed by atoms with Crippen LogP contribution in [0, 0.1) is 0 Å². The van der Waals surface area contributed by atoms with Crippen molar-refractivity contribution < 1.29 is 4.79 Å². The first kappa shape index (κ1) is 20.6. The Morgan fingerprint density at radius 2 is 1.71 bits per heavy atom. The van der Waals surface area contributed by atoms with Gasteiger partial charge in [0.1, 0.15) is 0 Å².